The summed E-state index contributed by atoms with van der Waals surface area (Å²) < 4.78 is 5.23. The number of ether oxygens (including phenoxy) is 1. The summed E-state index contributed by atoms with van der Waals surface area (Å²) in [6, 6.07) is 13.5. The standard InChI is InChI=1S/C23H21NO5/c1-13(22(27)24-16-10-9-14-5-4-6-15(14)11-16)29-23(28)19-12-20(25)17-7-2-3-8-18(17)21(19)26/h2-3,7-13,25-26H,4-6H2,1H3,(H,24,27)/t13-/m1/s1. The molecule has 0 unspecified atom stereocenters. The molecule has 29 heavy (non-hydrogen) atoms. The van der Waals surface area contributed by atoms with Crippen LogP contribution in [-0.4, -0.2) is 28.2 Å². The lowest BCUT2D eigenvalue weighted by molar-refractivity contribution is -0.123. The third kappa shape index (κ3) is 3.61. The monoisotopic (exact) mass is 391 g/mol. The van der Waals surface area contributed by atoms with Crippen LogP contribution in [0.4, 0.5) is 5.69 Å². The number of hydrogen-bond donors (Lipinski definition) is 3. The Hall–Kier alpha value is -3.54. The fourth-order valence-corrected chi connectivity index (χ4v) is 3.67. The number of carbonyl (C=O) groups is 2. The number of hydrogen-bond acceptors (Lipinski definition) is 5. The first-order chi connectivity index (χ1) is 13.9. The average molecular weight is 391 g/mol. The van der Waals surface area contributed by atoms with E-state index in [0.717, 1.165) is 25.3 Å². The van der Waals surface area contributed by atoms with Gasteiger partial charge in [0.1, 0.15) is 17.1 Å². The summed E-state index contributed by atoms with van der Waals surface area (Å²) in [4.78, 5) is 25.0. The maximum absolute atomic E-state index is 12.5. The summed E-state index contributed by atoms with van der Waals surface area (Å²) >= 11 is 0. The van der Waals surface area contributed by atoms with Crippen LogP contribution < -0.4 is 5.32 Å². The highest BCUT2D eigenvalue weighted by atomic mass is 16.5. The van der Waals surface area contributed by atoms with Gasteiger partial charge in [-0.1, -0.05) is 30.3 Å². The molecule has 3 aromatic carbocycles. The second kappa shape index (κ2) is 7.47. The molecule has 0 spiro atoms. The maximum atomic E-state index is 12.5. The number of benzene rings is 3. The van der Waals surface area contributed by atoms with Crippen LogP contribution in [0.2, 0.25) is 0 Å². The number of aryl methyl sites for hydroxylation is 2. The van der Waals surface area contributed by atoms with Crippen molar-refractivity contribution in [3.8, 4) is 11.5 Å². The van der Waals surface area contributed by atoms with E-state index in [1.54, 1.807) is 24.3 Å². The fourth-order valence-electron chi connectivity index (χ4n) is 3.67. The Morgan fingerprint density at radius 1 is 1.00 bits per heavy atom. The number of phenolic OH excluding ortho intramolecular Hbond substituents is 2. The largest absolute Gasteiger partial charge is 0.507 e. The van der Waals surface area contributed by atoms with Crippen molar-refractivity contribution in [3.05, 3.63) is 65.2 Å². The predicted molar refractivity (Wildman–Crippen MR) is 109 cm³/mol. The molecule has 0 saturated carbocycles. The molecule has 148 valence electrons. The second-order valence-electron chi connectivity index (χ2n) is 7.21. The number of anilines is 1. The molecule has 1 aliphatic rings. The van der Waals surface area contributed by atoms with Crippen molar-refractivity contribution in [3.63, 3.8) is 0 Å². The van der Waals surface area contributed by atoms with Crippen molar-refractivity contribution in [2.75, 3.05) is 5.32 Å². The molecule has 0 saturated heterocycles. The van der Waals surface area contributed by atoms with E-state index in [1.165, 1.54) is 18.1 Å². The van der Waals surface area contributed by atoms with Crippen molar-refractivity contribution in [1.29, 1.82) is 0 Å². The third-order valence-electron chi connectivity index (χ3n) is 5.23. The quantitative estimate of drug-likeness (QED) is 0.463. The SMILES string of the molecule is C[C@@H](OC(=O)c1cc(O)c2ccccc2c1O)C(=O)Nc1ccc2c(c1)CCC2. The zero-order chi connectivity index (χ0) is 20.5. The van der Waals surface area contributed by atoms with E-state index < -0.39 is 18.0 Å². The molecule has 0 aromatic heterocycles. The number of aromatic hydroxyl groups is 2. The molecule has 4 rings (SSSR count). The van der Waals surface area contributed by atoms with Gasteiger partial charge in [-0.15, -0.1) is 0 Å². The van der Waals surface area contributed by atoms with Crippen LogP contribution in [0.5, 0.6) is 11.5 Å². The van der Waals surface area contributed by atoms with E-state index in [0.29, 0.717) is 16.5 Å². The van der Waals surface area contributed by atoms with E-state index in [9.17, 15) is 19.8 Å². The van der Waals surface area contributed by atoms with Crippen molar-refractivity contribution in [1.82, 2.24) is 0 Å². The fraction of sp³-hybridized carbons (Fsp3) is 0.217. The Morgan fingerprint density at radius 2 is 1.72 bits per heavy atom. The van der Waals surface area contributed by atoms with Crippen LogP contribution in [0, 0.1) is 0 Å². The van der Waals surface area contributed by atoms with Gasteiger partial charge in [-0.25, -0.2) is 4.79 Å². The maximum Gasteiger partial charge on any atom is 0.342 e. The number of amides is 1. The summed E-state index contributed by atoms with van der Waals surface area (Å²) in [6.45, 7) is 1.46. The number of esters is 1. The molecule has 3 N–H and O–H groups in total. The number of carbonyl (C=O) groups excluding carboxylic acids is 2. The first kappa shape index (κ1) is 18.8. The second-order valence-corrected chi connectivity index (χ2v) is 7.21. The van der Waals surface area contributed by atoms with E-state index in [-0.39, 0.29) is 17.1 Å². The third-order valence-corrected chi connectivity index (χ3v) is 5.23. The van der Waals surface area contributed by atoms with Crippen LogP contribution in [0.3, 0.4) is 0 Å². The summed E-state index contributed by atoms with van der Waals surface area (Å²) in [5.41, 5.74) is 2.99. The van der Waals surface area contributed by atoms with Gasteiger partial charge in [0.05, 0.1) is 0 Å². The molecule has 0 heterocycles. The first-order valence-electron chi connectivity index (χ1n) is 9.51. The van der Waals surface area contributed by atoms with Crippen molar-refractivity contribution in [2.45, 2.75) is 32.3 Å². The van der Waals surface area contributed by atoms with E-state index in [1.807, 2.05) is 18.2 Å². The number of fused-ring (bicyclic) bond motifs is 2. The molecule has 0 aliphatic heterocycles. The molecule has 3 aromatic rings. The summed E-state index contributed by atoms with van der Waals surface area (Å²) in [6.07, 6.45) is 2.08. The Kier molecular flexibility index (Phi) is 4.84. The van der Waals surface area contributed by atoms with Crippen molar-refractivity contribution >= 4 is 28.3 Å². The minimum atomic E-state index is -1.08. The van der Waals surface area contributed by atoms with Gasteiger partial charge in [0, 0.05) is 16.5 Å². The highest BCUT2D eigenvalue weighted by Gasteiger charge is 2.23. The average Bonchev–Trinajstić information content (AvgIpc) is 3.18. The first-order valence-corrected chi connectivity index (χ1v) is 9.51. The van der Waals surface area contributed by atoms with Crippen LogP contribution >= 0.6 is 0 Å². The number of nitrogens with one attached hydrogen (secondary N) is 1. The lowest BCUT2D eigenvalue weighted by Crippen LogP contribution is -2.30. The number of rotatable bonds is 4. The van der Waals surface area contributed by atoms with E-state index >= 15 is 0 Å². The van der Waals surface area contributed by atoms with Gasteiger partial charge in [0.2, 0.25) is 0 Å². The molecular weight excluding hydrogens is 370 g/mol. The van der Waals surface area contributed by atoms with Gasteiger partial charge in [-0.2, -0.15) is 0 Å². The molecule has 0 radical (unpaired) electrons. The van der Waals surface area contributed by atoms with Gasteiger partial charge in [-0.3, -0.25) is 4.79 Å². The zero-order valence-corrected chi connectivity index (χ0v) is 15.9. The molecule has 0 fully saturated rings. The smallest absolute Gasteiger partial charge is 0.342 e. The minimum absolute atomic E-state index is 0.152. The Balaban J connectivity index is 1.49. The predicted octanol–water partition coefficient (Wildman–Crippen LogP) is 3.92. The molecule has 6 nitrogen and oxygen atoms in total. The Morgan fingerprint density at radius 3 is 2.52 bits per heavy atom. The summed E-state index contributed by atoms with van der Waals surface area (Å²) in [7, 11) is 0. The molecule has 0 bridgehead atoms. The lowest BCUT2D eigenvalue weighted by Gasteiger charge is -2.15. The zero-order valence-electron chi connectivity index (χ0n) is 15.9. The molecular formula is C23H21NO5. The molecule has 6 heteroatoms. The van der Waals surface area contributed by atoms with Gasteiger partial charge >= 0.3 is 5.97 Å². The summed E-state index contributed by atoms with van der Waals surface area (Å²) in [5, 5.41) is 24.1. The van der Waals surface area contributed by atoms with Crippen molar-refractivity contribution < 1.29 is 24.5 Å². The van der Waals surface area contributed by atoms with Gasteiger partial charge in [0.15, 0.2) is 6.10 Å². The number of phenols is 2. The van der Waals surface area contributed by atoms with E-state index in [4.69, 9.17) is 4.74 Å². The minimum Gasteiger partial charge on any atom is -0.507 e. The van der Waals surface area contributed by atoms with Crippen LogP contribution in [-0.2, 0) is 22.4 Å². The molecule has 1 atom stereocenters. The van der Waals surface area contributed by atoms with Crippen molar-refractivity contribution in [2.24, 2.45) is 0 Å². The highest BCUT2D eigenvalue weighted by Crippen LogP contribution is 2.35. The lowest BCUT2D eigenvalue weighted by atomic mass is 10.0. The summed E-state index contributed by atoms with van der Waals surface area (Å²) in [5.74, 6) is -1.81. The molecule has 1 amide bonds. The van der Waals surface area contributed by atoms with Gasteiger partial charge in [-0.05, 0) is 55.5 Å². The topological polar surface area (TPSA) is 95.9 Å². The highest BCUT2D eigenvalue weighted by molar-refractivity contribution is 6.04. The normalized spacial score (nSPS) is 13.7. The van der Waals surface area contributed by atoms with Gasteiger partial charge in [0.25, 0.3) is 5.91 Å². The van der Waals surface area contributed by atoms with Crippen LogP contribution in [0.1, 0.15) is 34.8 Å². The molecule has 1 aliphatic carbocycles. The van der Waals surface area contributed by atoms with Crippen LogP contribution in [0.25, 0.3) is 10.8 Å². The van der Waals surface area contributed by atoms with E-state index in [2.05, 4.69) is 5.32 Å². The Labute approximate surface area is 167 Å². The van der Waals surface area contributed by atoms with Gasteiger partial charge < -0.3 is 20.3 Å². The Bertz CT molecular complexity index is 1120. The van der Waals surface area contributed by atoms with Crippen LogP contribution in [0.15, 0.2) is 48.5 Å².